The Labute approximate surface area is 120 Å². The van der Waals surface area contributed by atoms with Crippen LogP contribution in [0.25, 0.3) is 10.9 Å². The van der Waals surface area contributed by atoms with Crippen molar-refractivity contribution in [3.05, 3.63) is 76.0 Å². The molecule has 0 fully saturated rings. The fourth-order valence-electron chi connectivity index (χ4n) is 2.42. The number of nitrogens with zero attached hydrogens (tertiary/aromatic N) is 2. The van der Waals surface area contributed by atoms with E-state index in [0.29, 0.717) is 16.5 Å². The maximum absolute atomic E-state index is 12.6. The zero-order chi connectivity index (χ0) is 15.0. The molecule has 0 aliphatic heterocycles. The van der Waals surface area contributed by atoms with Gasteiger partial charge in [0.05, 0.1) is 4.92 Å². The number of carbonyl (C=O) groups excluding carboxylic acids is 1. The lowest BCUT2D eigenvalue weighted by atomic mass is 10.0. The Kier molecular flexibility index (Phi) is 3.02. The third kappa shape index (κ3) is 2.18. The van der Waals surface area contributed by atoms with Gasteiger partial charge in [-0.25, -0.2) is 0 Å². The molecule has 0 aliphatic carbocycles. The van der Waals surface area contributed by atoms with Crippen molar-refractivity contribution in [2.45, 2.75) is 0 Å². The quantitative estimate of drug-likeness (QED) is 0.420. The number of nitro benzene ring substituents is 1. The van der Waals surface area contributed by atoms with Gasteiger partial charge in [-0.15, -0.1) is 0 Å². The van der Waals surface area contributed by atoms with Crippen molar-refractivity contribution in [3.8, 4) is 0 Å². The summed E-state index contributed by atoms with van der Waals surface area (Å²) in [6, 6.07) is 13.4. The minimum absolute atomic E-state index is 0.0178. The van der Waals surface area contributed by atoms with Crippen LogP contribution >= 0.6 is 0 Å². The van der Waals surface area contributed by atoms with Gasteiger partial charge in [-0.1, -0.05) is 30.3 Å². The van der Waals surface area contributed by atoms with Crippen molar-refractivity contribution >= 4 is 22.4 Å². The number of hydrogen-bond donors (Lipinski definition) is 0. The molecule has 104 valence electrons. The van der Waals surface area contributed by atoms with Gasteiger partial charge < -0.3 is 4.57 Å². The highest BCUT2D eigenvalue weighted by molar-refractivity contribution is 6.16. The van der Waals surface area contributed by atoms with E-state index in [9.17, 15) is 14.9 Å². The van der Waals surface area contributed by atoms with E-state index in [0.717, 1.165) is 5.52 Å². The van der Waals surface area contributed by atoms with Crippen molar-refractivity contribution in [1.29, 1.82) is 0 Å². The maximum atomic E-state index is 12.6. The number of fused-ring (bicyclic) bond motifs is 1. The number of carbonyl (C=O) groups is 1. The minimum Gasteiger partial charge on any atom is -0.350 e. The molecule has 3 rings (SSSR count). The maximum Gasteiger partial charge on any atom is 0.270 e. The van der Waals surface area contributed by atoms with Crippen molar-refractivity contribution in [2.75, 3.05) is 0 Å². The first kappa shape index (κ1) is 13.1. The lowest BCUT2D eigenvalue weighted by molar-refractivity contribution is -0.384. The van der Waals surface area contributed by atoms with Gasteiger partial charge >= 0.3 is 0 Å². The molecule has 0 saturated carbocycles. The van der Waals surface area contributed by atoms with Crippen LogP contribution in [-0.2, 0) is 7.05 Å². The number of benzene rings is 2. The summed E-state index contributed by atoms with van der Waals surface area (Å²) in [7, 11) is 1.82. The van der Waals surface area contributed by atoms with Gasteiger partial charge in [0.2, 0.25) is 0 Å². The molecular weight excluding hydrogens is 268 g/mol. The number of aryl methyl sites for hydroxylation is 1. The van der Waals surface area contributed by atoms with Crippen LogP contribution in [0.15, 0.2) is 54.7 Å². The Morgan fingerprint density at radius 1 is 1.14 bits per heavy atom. The molecule has 3 aromatic rings. The lowest BCUT2D eigenvalue weighted by Gasteiger charge is -1.99. The van der Waals surface area contributed by atoms with Crippen molar-refractivity contribution in [2.24, 2.45) is 7.05 Å². The van der Waals surface area contributed by atoms with Crippen molar-refractivity contribution < 1.29 is 9.72 Å². The van der Waals surface area contributed by atoms with Gasteiger partial charge in [0, 0.05) is 47.4 Å². The van der Waals surface area contributed by atoms with E-state index < -0.39 is 4.92 Å². The molecule has 5 heteroatoms. The summed E-state index contributed by atoms with van der Waals surface area (Å²) >= 11 is 0. The number of ketones is 1. The Morgan fingerprint density at radius 3 is 2.52 bits per heavy atom. The average Bonchev–Trinajstić information content (AvgIpc) is 2.84. The Morgan fingerprint density at radius 2 is 1.86 bits per heavy atom. The Hall–Kier alpha value is -2.95. The van der Waals surface area contributed by atoms with Gasteiger partial charge in [-0.2, -0.15) is 0 Å². The number of aromatic nitrogens is 1. The van der Waals surface area contributed by atoms with E-state index in [-0.39, 0.29) is 11.5 Å². The number of rotatable bonds is 3. The molecule has 0 bridgehead atoms. The molecule has 0 radical (unpaired) electrons. The molecule has 1 aromatic heterocycles. The van der Waals surface area contributed by atoms with Crippen molar-refractivity contribution in [1.82, 2.24) is 4.57 Å². The highest BCUT2D eigenvalue weighted by Crippen LogP contribution is 2.27. The largest absolute Gasteiger partial charge is 0.350 e. The van der Waals surface area contributed by atoms with E-state index >= 15 is 0 Å². The van der Waals surface area contributed by atoms with Crippen LogP contribution in [0.2, 0.25) is 0 Å². The second-order valence-corrected chi connectivity index (χ2v) is 4.81. The zero-order valence-electron chi connectivity index (χ0n) is 11.3. The van der Waals surface area contributed by atoms with Crippen LogP contribution < -0.4 is 0 Å². The fraction of sp³-hybridized carbons (Fsp3) is 0.0625. The molecular formula is C16H12N2O3. The predicted octanol–water partition coefficient (Wildman–Crippen LogP) is 3.32. The summed E-state index contributed by atoms with van der Waals surface area (Å²) in [6.07, 6.45) is 1.71. The van der Waals surface area contributed by atoms with E-state index in [1.54, 1.807) is 41.1 Å². The van der Waals surface area contributed by atoms with Gasteiger partial charge in [-0.3, -0.25) is 14.9 Å². The van der Waals surface area contributed by atoms with E-state index in [1.807, 2.05) is 13.1 Å². The first-order valence-corrected chi connectivity index (χ1v) is 6.41. The lowest BCUT2D eigenvalue weighted by Crippen LogP contribution is -2.00. The molecule has 0 aliphatic rings. The Bertz CT molecular complexity index is 851. The molecule has 21 heavy (non-hydrogen) atoms. The van der Waals surface area contributed by atoms with Crippen LogP contribution in [-0.4, -0.2) is 15.3 Å². The molecule has 0 N–H and O–H groups in total. The van der Waals surface area contributed by atoms with Gasteiger partial charge in [0.25, 0.3) is 5.69 Å². The summed E-state index contributed by atoms with van der Waals surface area (Å²) in [6.45, 7) is 0. The first-order chi connectivity index (χ1) is 10.1. The third-order valence-corrected chi connectivity index (χ3v) is 3.46. The highest BCUT2D eigenvalue weighted by atomic mass is 16.6. The monoisotopic (exact) mass is 280 g/mol. The molecule has 0 atom stereocenters. The number of hydrogen-bond acceptors (Lipinski definition) is 3. The molecule has 0 spiro atoms. The van der Waals surface area contributed by atoms with Gasteiger partial charge in [0.1, 0.15) is 0 Å². The highest BCUT2D eigenvalue weighted by Gasteiger charge is 2.18. The molecule has 0 amide bonds. The van der Waals surface area contributed by atoms with Gasteiger partial charge in [-0.05, 0) is 6.07 Å². The third-order valence-electron chi connectivity index (χ3n) is 3.46. The van der Waals surface area contributed by atoms with E-state index in [1.165, 1.54) is 12.1 Å². The standard InChI is InChI=1S/C16H12N2O3/c1-17-10-14(16(19)11-5-3-2-4-6-11)13-9-12(18(20)21)7-8-15(13)17/h2-10H,1H3. The topological polar surface area (TPSA) is 65.1 Å². The zero-order valence-corrected chi connectivity index (χ0v) is 11.3. The van der Waals surface area contributed by atoms with E-state index in [2.05, 4.69) is 0 Å². The molecule has 2 aromatic carbocycles. The van der Waals surface area contributed by atoms with Crippen LogP contribution in [0.3, 0.4) is 0 Å². The van der Waals surface area contributed by atoms with E-state index in [4.69, 9.17) is 0 Å². The summed E-state index contributed by atoms with van der Waals surface area (Å²) < 4.78 is 1.80. The first-order valence-electron chi connectivity index (χ1n) is 6.41. The summed E-state index contributed by atoms with van der Waals surface area (Å²) in [5.41, 5.74) is 1.81. The second-order valence-electron chi connectivity index (χ2n) is 4.81. The fourth-order valence-corrected chi connectivity index (χ4v) is 2.42. The average molecular weight is 280 g/mol. The second kappa shape index (κ2) is 4.86. The van der Waals surface area contributed by atoms with Crippen LogP contribution in [0.4, 0.5) is 5.69 Å². The molecule has 1 heterocycles. The Balaban J connectivity index is 2.20. The number of nitro groups is 1. The minimum atomic E-state index is -0.455. The van der Waals surface area contributed by atoms with Crippen LogP contribution in [0.1, 0.15) is 15.9 Å². The molecule has 0 unspecified atom stereocenters. The summed E-state index contributed by atoms with van der Waals surface area (Å²) in [5, 5.41) is 11.5. The SMILES string of the molecule is Cn1cc(C(=O)c2ccccc2)c2cc([N+](=O)[O-])ccc21. The van der Waals surface area contributed by atoms with Gasteiger partial charge in [0.15, 0.2) is 5.78 Å². The summed E-state index contributed by atoms with van der Waals surface area (Å²) in [5.74, 6) is -0.137. The van der Waals surface area contributed by atoms with Crippen LogP contribution in [0.5, 0.6) is 0 Å². The van der Waals surface area contributed by atoms with Crippen LogP contribution in [0, 0.1) is 10.1 Å². The number of non-ortho nitro benzene ring substituents is 1. The molecule has 5 nitrogen and oxygen atoms in total. The normalized spacial score (nSPS) is 10.7. The smallest absolute Gasteiger partial charge is 0.270 e. The molecule has 0 saturated heterocycles. The van der Waals surface area contributed by atoms with Crippen molar-refractivity contribution in [3.63, 3.8) is 0 Å². The predicted molar refractivity (Wildman–Crippen MR) is 79.4 cm³/mol. The summed E-state index contributed by atoms with van der Waals surface area (Å²) in [4.78, 5) is 23.0.